The molecule has 116 valence electrons. The molecule has 0 aromatic heterocycles. The van der Waals surface area contributed by atoms with Gasteiger partial charge in [0.1, 0.15) is 18.9 Å². The van der Waals surface area contributed by atoms with E-state index < -0.39 is 12.5 Å². The fourth-order valence-electron chi connectivity index (χ4n) is 1.72. The zero-order valence-corrected chi connectivity index (χ0v) is 12.5. The van der Waals surface area contributed by atoms with Gasteiger partial charge in [-0.25, -0.2) is 0 Å². The monoisotopic (exact) mass is 294 g/mol. The molecule has 1 aromatic carbocycles. The molecule has 0 aliphatic rings. The number of hydrogen-bond acceptors (Lipinski definition) is 4. The van der Waals surface area contributed by atoms with E-state index in [4.69, 9.17) is 4.74 Å². The second kappa shape index (κ2) is 8.97. The highest BCUT2D eigenvalue weighted by molar-refractivity contribution is 5.80. The summed E-state index contributed by atoms with van der Waals surface area (Å²) in [6.45, 7) is 1.04. The molecular weight excluding hydrogens is 272 g/mol. The van der Waals surface area contributed by atoms with Gasteiger partial charge >= 0.3 is 0 Å². The van der Waals surface area contributed by atoms with Crippen LogP contribution in [0.3, 0.4) is 0 Å². The van der Waals surface area contributed by atoms with Crippen molar-refractivity contribution < 1.29 is 24.3 Å². The van der Waals surface area contributed by atoms with Crippen LogP contribution in [0, 0.1) is 0 Å². The third-order valence-corrected chi connectivity index (χ3v) is 2.88. The fourth-order valence-corrected chi connectivity index (χ4v) is 1.72. The van der Waals surface area contributed by atoms with Crippen molar-refractivity contribution in [1.82, 2.24) is 5.32 Å². The van der Waals surface area contributed by atoms with Gasteiger partial charge in [-0.05, 0) is 18.1 Å². The van der Waals surface area contributed by atoms with Gasteiger partial charge in [-0.15, -0.1) is 0 Å². The lowest BCUT2D eigenvalue weighted by Gasteiger charge is -2.13. The van der Waals surface area contributed by atoms with Crippen molar-refractivity contribution in [2.24, 2.45) is 0 Å². The summed E-state index contributed by atoms with van der Waals surface area (Å²) in [6, 6.07) is 7.55. The van der Waals surface area contributed by atoms with Crippen molar-refractivity contribution in [1.29, 1.82) is 0 Å². The lowest BCUT2D eigenvalue weighted by atomic mass is 10.1. The van der Waals surface area contributed by atoms with Crippen LogP contribution in [0.5, 0.6) is 5.75 Å². The van der Waals surface area contributed by atoms with Gasteiger partial charge in [0.05, 0.1) is 26.6 Å². The average Bonchev–Trinajstić information content (AvgIpc) is 2.43. The Hall–Kier alpha value is -2.08. The Kier molecular flexibility index (Phi) is 7.25. The minimum Gasteiger partial charge on any atom is -0.548 e. The van der Waals surface area contributed by atoms with E-state index in [1.54, 1.807) is 0 Å². The summed E-state index contributed by atoms with van der Waals surface area (Å²) in [5.41, 5.74) is 0.940. The summed E-state index contributed by atoms with van der Waals surface area (Å²) in [7, 11) is 4.10. The van der Waals surface area contributed by atoms with E-state index in [2.05, 4.69) is 19.4 Å². The number of amides is 1. The van der Waals surface area contributed by atoms with Crippen molar-refractivity contribution >= 4 is 11.9 Å². The van der Waals surface area contributed by atoms with Crippen molar-refractivity contribution in [2.45, 2.75) is 12.8 Å². The van der Waals surface area contributed by atoms with Crippen LogP contribution in [0.15, 0.2) is 24.3 Å². The van der Waals surface area contributed by atoms with Crippen LogP contribution >= 0.6 is 0 Å². The molecule has 2 N–H and O–H groups in total. The summed E-state index contributed by atoms with van der Waals surface area (Å²) in [5.74, 6) is -0.837. The number of carboxylic acids is 1. The molecule has 1 rings (SSSR count). The van der Waals surface area contributed by atoms with Crippen LogP contribution in [0.2, 0.25) is 0 Å². The molecule has 0 saturated heterocycles. The van der Waals surface area contributed by atoms with E-state index >= 15 is 0 Å². The number of carbonyl (C=O) groups is 2. The smallest absolute Gasteiger partial charge is 0.220 e. The topological polar surface area (TPSA) is 82.9 Å². The lowest BCUT2D eigenvalue weighted by molar-refractivity contribution is -0.858. The minimum atomic E-state index is -1.29. The summed E-state index contributed by atoms with van der Waals surface area (Å²) in [5, 5.41) is 12.5. The first-order valence-electron chi connectivity index (χ1n) is 6.95. The number of aryl methyl sites for hydroxylation is 1. The lowest BCUT2D eigenvalue weighted by Crippen LogP contribution is -3.06. The average molecular weight is 294 g/mol. The number of nitrogens with one attached hydrogen (secondary N) is 2. The van der Waals surface area contributed by atoms with Crippen molar-refractivity contribution in [3.8, 4) is 5.75 Å². The molecule has 0 saturated carbocycles. The Morgan fingerprint density at radius 1 is 1.29 bits per heavy atom. The molecule has 0 heterocycles. The van der Waals surface area contributed by atoms with Gasteiger partial charge in [-0.1, -0.05) is 18.2 Å². The van der Waals surface area contributed by atoms with Crippen molar-refractivity contribution in [3.05, 3.63) is 29.8 Å². The molecule has 21 heavy (non-hydrogen) atoms. The SMILES string of the molecule is C[NH+](C)CCOc1ccccc1CCC(=O)NCC(=O)[O-]. The van der Waals surface area contributed by atoms with Crippen LogP contribution < -0.4 is 20.1 Å². The maximum atomic E-state index is 11.5. The molecule has 0 bridgehead atoms. The summed E-state index contributed by atoms with van der Waals surface area (Å²) < 4.78 is 5.72. The summed E-state index contributed by atoms with van der Waals surface area (Å²) in [6.07, 6.45) is 0.719. The van der Waals surface area contributed by atoms with Gasteiger partial charge < -0.3 is 24.9 Å². The Bertz CT molecular complexity index is 474. The van der Waals surface area contributed by atoms with Gasteiger partial charge in [0.25, 0.3) is 0 Å². The zero-order chi connectivity index (χ0) is 15.7. The largest absolute Gasteiger partial charge is 0.548 e. The first-order valence-corrected chi connectivity index (χ1v) is 6.95. The van der Waals surface area contributed by atoms with Crippen LogP contribution in [-0.4, -0.2) is 45.7 Å². The van der Waals surface area contributed by atoms with E-state index in [1.165, 1.54) is 4.90 Å². The molecule has 0 fully saturated rings. The van der Waals surface area contributed by atoms with Gasteiger partial charge in [0, 0.05) is 6.42 Å². The Balaban J connectivity index is 2.46. The Labute approximate surface area is 124 Å². The number of carboxylic acid groups (broad SMARTS) is 1. The predicted octanol–water partition coefficient (Wildman–Crippen LogP) is -1.99. The first kappa shape index (κ1) is 17.0. The molecule has 0 aliphatic heterocycles. The number of para-hydroxylation sites is 1. The summed E-state index contributed by atoms with van der Waals surface area (Å²) in [4.78, 5) is 23.0. The second-order valence-electron chi connectivity index (χ2n) is 5.06. The third-order valence-electron chi connectivity index (χ3n) is 2.88. The highest BCUT2D eigenvalue weighted by Crippen LogP contribution is 2.19. The van der Waals surface area contributed by atoms with E-state index in [0.717, 1.165) is 17.9 Å². The van der Waals surface area contributed by atoms with Gasteiger partial charge in [0.15, 0.2) is 0 Å². The highest BCUT2D eigenvalue weighted by atomic mass is 16.5. The standard InChI is InChI=1S/C15H22N2O4/c1-17(2)9-10-21-13-6-4-3-5-12(13)7-8-14(18)16-11-15(19)20/h3-6H,7-11H2,1-2H3,(H,16,18)(H,19,20). The molecule has 0 atom stereocenters. The number of aliphatic carboxylic acids is 1. The molecular formula is C15H22N2O4. The Morgan fingerprint density at radius 3 is 2.67 bits per heavy atom. The number of carbonyl (C=O) groups excluding carboxylic acids is 2. The molecule has 0 spiro atoms. The van der Waals surface area contributed by atoms with E-state index in [1.807, 2.05) is 24.3 Å². The van der Waals surface area contributed by atoms with E-state index in [-0.39, 0.29) is 12.3 Å². The van der Waals surface area contributed by atoms with Crippen LogP contribution in [0.1, 0.15) is 12.0 Å². The number of ether oxygens (including phenoxy) is 1. The number of hydrogen-bond donors (Lipinski definition) is 2. The number of benzene rings is 1. The molecule has 0 aliphatic carbocycles. The van der Waals surface area contributed by atoms with Gasteiger partial charge in [-0.3, -0.25) is 4.79 Å². The van der Waals surface area contributed by atoms with Crippen LogP contribution in [0.4, 0.5) is 0 Å². The number of likely N-dealkylation sites (N-methyl/N-ethyl adjacent to an activating group) is 1. The maximum Gasteiger partial charge on any atom is 0.220 e. The van der Waals surface area contributed by atoms with Crippen LogP contribution in [0.25, 0.3) is 0 Å². The molecule has 6 heteroatoms. The van der Waals surface area contributed by atoms with E-state index in [9.17, 15) is 14.7 Å². The van der Waals surface area contributed by atoms with Crippen LogP contribution in [-0.2, 0) is 16.0 Å². The molecule has 6 nitrogen and oxygen atoms in total. The molecule has 0 unspecified atom stereocenters. The number of quaternary nitrogens is 1. The Morgan fingerprint density at radius 2 is 2.00 bits per heavy atom. The van der Waals surface area contributed by atoms with Crippen molar-refractivity contribution in [3.63, 3.8) is 0 Å². The quantitative estimate of drug-likeness (QED) is 0.552. The highest BCUT2D eigenvalue weighted by Gasteiger charge is 2.07. The van der Waals surface area contributed by atoms with Crippen molar-refractivity contribution in [2.75, 3.05) is 33.8 Å². The van der Waals surface area contributed by atoms with E-state index in [0.29, 0.717) is 13.0 Å². The normalized spacial score (nSPS) is 10.4. The zero-order valence-electron chi connectivity index (χ0n) is 12.5. The first-order chi connectivity index (χ1) is 9.99. The van der Waals surface area contributed by atoms with Gasteiger partial charge in [-0.2, -0.15) is 0 Å². The third kappa shape index (κ3) is 7.31. The fraction of sp³-hybridized carbons (Fsp3) is 0.467. The molecule has 0 radical (unpaired) electrons. The molecule has 1 aromatic rings. The summed E-state index contributed by atoms with van der Waals surface area (Å²) >= 11 is 0. The second-order valence-corrected chi connectivity index (χ2v) is 5.06. The molecule has 1 amide bonds. The predicted molar refractivity (Wildman–Crippen MR) is 76.0 cm³/mol. The van der Waals surface area contributed by atoms with Gasteiger partial charge in [0.2, 0.25) is 5.91 Å². The maximum absolute atomic E-state index is 11.5. The number of rotatable bonds is 9. The minimum absolute atomic E-state index is 0.215.